The molecule has 0 aromatic heterocycles. The predicted molar refractivity (Wildman–Crippen MR) is 131 cm³/mol. The van der Waals surface area contributed by atoms with E-state index >= 15 is 0 Å². The van der Waals surface area contributed by atoms with Crippen LogP contribution in [0.3, 0.4) is 0 Å². The Labute approximate surface area is 188 Å². The van der Waals surface area contributed by atoms with Gasteiger partial charge in [0, 0.05) is 39.8 Å². The van der Waals surface area contributed by atoms with Crippen molar-refractivity contribution in [3.8, 4) is 0 Å². The zero-order valence-electron chi connectivity index (χ0n) is 18.5. The predicted octanol–water partition coefficient (Wildman–Crippen LogP) is 4.32. The third-order valence-corrected chi connectivity index (χ3v) is 4.70. The van der Waals surface area contributed by atoms with Crippen LogP contribution in [0.25, 0.3) is 0 Å². The van der Waals surface area contributed by atoms with Gasteiger partial charge in [-0.1, -0.05) is 52.2 Å². The first-order chi connectivity index (χ1) is 12.8. The number of amides is 1. The number of hydrogen-bond acceptors (Lipinski definition) is 2. The Hall–Kier alpha value is -1.31. The van der Waals surface area contributed by atoms with Crippen LogP contribution in [0.4, 0.5) is 0 Å². The first-order valence-corrected chi connectivity index (χ1v) is 10.0. The summed E-state index contributed by atoms with van der Waals surface area (Å²) in [6.07, 6.45) is 5.89. The average Bonchev–Trinajstić information content (AvgIpc) is 2.64. The molecule has 1 amide bonds. The minimum absolute atomic E-state index is 0. The summed E-state index contributed by atoms with van der Waals surface area (Å²) in [4.78, 5) is 18.0. The van der Waals surface area contributed by atoms with E-state index in [1.54, 1.807) is 26.0 Å². The normalized spacial score (nSPS) is 11.6. The van der Waals surface area contributed by atoms with Crippen molar-refractivity contribution in [3.05, 3.63) is 35.4 Å². The van der Waals surface area contributed by atoms with Gasteiger partial charge in [-0.15, -0.1) is 24.0 Å². The Morgan fingerprint density at radius 2 is 1.89 bits per heavy atom. The van der Waals surface area contributed by atoms with Gasteiger partial charge < -0.3 is 15.5 Å². The SMILES string of the molecule is CCCCCC(C)(C)CNC(=NC)NCCc1cccc(C(=O)N(C)C)c1.I. The maximum absolute atomic E-state index is 12.1. The van der Waals surface area contributed by atoms with Crippen LogP contribution in [0.1, 0.15) is 62.4 Å². The van der Waals surface area contributed by atoms with Crippen molar-refractivity contribution >= 4 is 35.8 Å². The summed E-state index contributed by atoms with van der Waals surface area (Å²) in [6.45, 7) is 8.52. The summed E-state index contributed by atoms with van der Waals surface area (Å²) in [5.74, 6) is 0.867. The lowest BCUT2D eigenvalue weighted by molar-refractivity contribution is 0.0827. The number of aliphatic imine (C=N–C) groups is 1. The summed E-state index contributed by atoms with van der Waals surface area (Å²) >= 11 is 0. The molecule has 0 saturated carbocycles. The molecule has 0 aliphatic carbocycles. The highest BCUT2D eigenvalue weighted by Crippen LogP contribution is 2.22. The lowest BCUT2D eigenvalue weighted by atomic mass is 9.87. The molecule has 0 aliphatic rings. The van der Waals surface area contributed by atoms with Gasteiger partial charge in [0.15, 0.2) is 5.96 Å². The van der Waals surface area contributed by atoms with Crippen molar-refractivity contribution < 1.29 is 4.79 Å². The second kappa shape index (κ2) is 13.8. The lowest BCUT2D eigenvalue weighted by Gasteiger charge is -2.26. The Bertz CT molecular complexity index is 614. The van der Waals surface area contributed by atoms with Crippen LogP contribution in [-0.2, 0) is 6.42 Å². The Balaban J connectivity index is 0.00000729. The quantitative estimate of drug-likeness (QED) is 0.217. The van der Waals surface area contributed by atoms with Gasteiger partial charge in [0.05, 0.1) is 0 Å². The van der Waals surface area contributed by atoms with Gasteiger partial charge in [0.1, 0.15) is 0 Å². The van der Waals surface area contributed by atoms with E-state index in [1.165, 1.54) is 25.7 Å². The molecule has 160 valence electrons. The van der Waals surface area contributed by atoms with Crippen LogP contribution >= 0.6 is 24.0 Å². The van der Waals surface area contributed by atoms with E-state index in [-0.39, 0.29) is 35.3 Å². The summed E-state index contributed by atoms with van der Waals surface area (Å²) in [5, 5.41) is 6.82. The maximum Gasteiger partial charge on any atom is 0.253 e. The molecule has 0 heterocycles. The highest BCUT2D eigenvalue weighted by molar-refractivity contribution is 14.0. The smallest absolute Gasteiger partial charge is 0.253 e. The van der Waals surface area contributed by atoms with Crippen LogP contribution in [0.2, 0.25) is 0 Å². The molecule has 2 N–H and O–H groups in total. The van der Waals surface area contributed by atoms with Crippen molar-refractivity contribution in [2.45, 2.75) is 52.9 Å². The number of guanidine groups is 1. The summed E-state index contributed by atoms with van der Waals surface area (Å²) < 4.78 is 0. The van der Waals surface area contributed by atoms with Crippen LogP contribution in [0, 0.1) is 5.41 Å². The van der Waals surface area contributed by atoms with E-state index in [4.69, 9.17) is 0 Å². The fourth-order valence-corrected chi connectivity index (χ4v) is 2.93. The standard InChI is InChI=1S/C22H38N4O.HI/c1-7-8-9-14-22(2,3)17-25-21(23-4)24-15-13-18-11-10-12-19(16-18)20(27)26(5)6;/h10-12,16H,7-9,13-15,17H2,1-6H3,(H2,23,24,25);1H. The second-order valence-corrected chi connectivity index (χ2v) is 8.12. The molecule has 5 nitrogen and oxygen atoms in total. The van der Waals surface area contributed by atoms with E-state index in [1.807, 2.05) is 18.2 Å². The highest BCUT2D eigenvalue weighted by atomic mass is 127. The zero-order valence-corrected chi connectivity index (χ0v) is 20.8. The topological polar surface area (TPSA) is 56.7 Å². The lowest BCUT2D eigenvalue weighted by Crippen LogP contribution is -2.42. The molecule has 0 atom stereocenters. The number of carbonyl (C=O) groups is 1. The number of nitrogens with one attached hydrogen (secondary N) is 2. The molecule has 1 rings (SSSR count). The molecule has 0 spiro atoms. The van der Waals surface area contributed by atoms with Crippen molar-refractivity contribution in [3.63, 3.8) is 0 Å². The van der Waals surface area contributed by atoms with E-state index in [9.17, 15) is 4.79 Å². The summed E-state index contributed by atoms with van der Waals surface area (Å²) in [5.41, 5.74) is 2.13. The number of rotatable bonds is 10. The van der Waals surface area contributed by atoms with Crippen LogP contribution in [-0.4, -0.2) is 51.0 Å². The number of hydrogen-bond donors (Lipinski definition) is 2. The van der Waals surface area contributed by atoms with E-state index in [2.05, 4.69) is 42.5 Å². The molecule has 6 heteroatoms. The third kappa shape index (κ3) is 10.3. The van der Waals surface area contributed by atoms with Gasteiger partial charge in [0.25, 0.3) is 5.91 Å². The van der Waals surface area contributed by atoms with Gasteiger partial charge in [-0.2, -0.15) is 0 Å². The molecule has 0 aliphatic heterocycles. The molecule has 0 fully saturated rings. The van der Waals surface area contributed by atoms with Gasteiger partial charge in [0.2, 0.25) is 0 Å². The first kappa shape index (κ1) is 26.7. The molecule has 28 heavy (non-hydrogen) atoms. The highest BCUT2D eigenvalue weighted by Gasteiger charge is 2.17. The van der Waals surface area contributed by atoms with E-state index in [0.717, 1.165) is 36.6 Å². The van der Waals surface area contributed by atoms with Crippen molar-refractivity contribution in [1.82, 2.24) is 15.5 Å². The molecule has 1 aromatic rings. The van der Waals surface area contributed by atoms with Gasteiger partial charge in [-0.25, -0.2) is 0 Å². The fraction of sp³-hybridized carbons (Fsp3) is 0.636. The van der Waals surface area contributed by atoms with Crippen molar-refractivity contribution in [1.29, 1.82) is 0 Å². The number of nitrogens with zero attached hydrogens (tertiary/aromatic N) is 2. The van der Waals surface area contributed by atoms with Crippen LogP contribution in [0.15, 0.2) is 29.3 Å². The van der Waals surface area contributed by atoms with Crippen LogP contribution in [0.5, 0.6) is 0 Å². The average molecular weight is 502 g/mol. The minimum Gasteiger partial charge on any atom is -0.356 e. The molecule has 0 bridgehead atoms. The Kier molecular flexibility index (Phi) is 13.2. The second-order valence-electron chi connectivity index (χ2n) is 8.12. The Morgan fingerprint density at radius 3 is 2.50 bits per heavy atom. The number of unbranched alkanes of at least 4 members (excludes halogenated alkanes) is 2. The summed E-state index contributed by atoms with van der Waals surface area (Å²) in [7, 11) is 5.35. The number of halogens is 1. The van der Waals surface area contributed by atoms with Crippen LogP contribution < -0.4 is 10.6 Å². The van der Waals surface area contributed by atoms with E-state index < -0.39 is 0 Å². The monoisotopic (exact) mass is 502 g/mol. The van der Waals surface area contributed by atoms with Gasteiger partial charge >= 0.3 is 0 Å². The van der Waals surface area contributed by atoms with Gasteiger partial charge in [-0.3, -0.25) is 9.79 Å². The van der Waals surface area contributed by atoms with Crippen molar-refractivity contribution in [2.75, 3.05) is 34.2 Å². The largest absolute Gasteiger partial charge is 0.356 e. The number of carbonyl (C=O) groups excluding carboxylic acids is 1. The maximum atomic E-state index is 12.1. The van der Waals surface area contributed by atoms with E-state index in [0.29, 0.717) is 0 Å². The molecule has 0 radical (unpaired) electrons. The molecule has 1 aromatic carbocycles. The zero-order chi connectivity index (χ0) is 20.3. The summed E-state index contributed by atoms with van der Waals surface area (Å²) in [6, 6.07) is 7.83. The Morgan fingerprint density at radius 1 is 1.18 bits per heavy atom. The van der Waals surface area contributed by atoms with Gasteiger partial charge in [-0.05, 0) is 36.0 Å². The molecular formula is C22H39IN4O. The molecular weight excluding hydrogens is 463 g/mol. The number of benzene rings is 1. The first-order valence-electron chi connectivity index (χ1n) is 10.0. The molecule has 0 unspecified atom stereocenters. The third-order valence-electron chi connectivity index (χ3n) is 4.70. The minimum atomic E-state index is 0. The molecule has 0 saturated heterocycles. The fourth-order valence-electron chi connectivity index (χ4n) is 2.93. The van der Waals surface area contributed by atoms with Crippen molar-refractivity contribution in [2.24, 2.45) is 10.4 Å².